The SMILES string of the molecule is COc1cc(C)cc(N(CCCOS(C)(=O)=O)c2ccc3ncn(C4CCOCC4)c(=O)c3c2)c1. The van der Waals surface area contributed by atoms with E-state index in [4.69, 9.17) is 13.7 Å². The smallest absolute Gasteiger partial charge is 0.264 e. The second kappa shape index (κ2) is 10.8. The highest BCUT2D eigenvalue weighted by molar-refractivity contribution is 7.85. The number of nitrogens with zero attached hydrogens (tertiary/aromatic N) is 3. The van der Waals surface area contributed by atoms with Gasteiger partial charge in [-0.15, -0.1) is 0 Å². The molecule has 0 saturated carbocycles. The van der Waals surface area contributed by atoms with Gasteiger partial charge in [-0.2, -0.15) is 8.42 Å². The fraction of sp³-hybridized carbons (Fsp3) is 0.440. The van der Waals surface area contributed by atoms with Crippen molar-refractivity contribution in [3.05, 3.63) is 58.6 Å². The number of fused-ring (bicyclic) bond motifs is 1. The highest BCUT2D eigenvalue weighted by atomic mass is 32.2. The van der Waals surface area contributed by atoms with Crippen molar-refractivity contribution in [1.82, 2.24) is 9.55 Å². The van der Waals surface area contributed by atoms with Crippen LogP contribution in [0.3, 0.4) is 0 Å². The summed E-state index contributed by atoms with van der Waals surface area (Å²) in [7, 11) is -1.90. The van der Waals surface area contributed by atoms with Gasteiger partial charge in [-0.1, -0.05) is 0 Å². The second-order valence-electron chi connectivity index (χ2n) is 8.74. The van der Waals surface area contributed by atoms with Gasteiger partial charge < -0.3 is 14.4 Å². The number of ether oxygens (including phenoxy) is 2. The van der Waals surface area contributed by atoms with Crippen LogP contribution in [-0.2, 0) is 19.0 Å². The van der Waals surface area contributed by atoms with E-state index in [9.17, 15) is 13.2 Å². The molecule has 3 aromatic rings. The van der Waals surface area contributed by atoms with Crippen molar-refractivity contribution < 1.29 is 22.1 Å². The van der Waals surface area contributed by atoms with Crippen LogP contribution in [0.1, 0.15) is 30.9 Å². The van der Waals surface area contributed by atoms with Gasteiger partial charge in [-0.3, -0.25) is 13.5 Å². The van der Waals surface area contributed by atoms with Crippen LogP contribution in [0.2, 0.25) is 0 Å². The van der Waals surface area contributed by atoms with E-state index in [0.717, 1.165) is 36.0 Å². The van der Waals surface area contributed by atoms with Gasteiger partial charge in [-0.05, 0) is 62.1 Å². The molecule has 1 aliphatic heterocycles. The Morgan fingerprint density at radius 2 is 1.91 bits per heavy atom. The first kappa shape index (κ1) is 25.2. The van der Waals surface area contributed by atoms with Crippen molar-refractivity contribution >= 4 is 32.4 Å². The molecule has 10 heteroatoms. The minimum Gasteiger partial charge on any atom is -0.497 e. The molecule has 1 aliphatic rings. The van der Waals surface area contributed by atoms with Gasteiger partial charge >= 0.3 is 0 Å². The predicted molar refractivity (Wildman–Crippen MR) is 135 cm³/mol. The first-order valence-corrected chi connectivity index (χ1v) is 13.4. The molecule has 1 fully saturated rings. The van der Waals surface area contributed by atoms with Crippen molar-refractivity contribution in [3.8, 4) is 5.75 Å². The van der Waals surface area contributed by atoms with Crippen molar-refractivity contribution in [2.24, 2.45) is 0 Å². The first-order valence-electron chi connectivity index (χ1n) is 11.6. The zero-order chi connectivity index (χ0) is 25.0. The third-order valence-electron chi connectivity index (χ3n) is 6.07. The summed E-state index contributed by atoms with van der Waals surface area (Å²) in [5, 5.41) is 0.536. The molecule has 0 amide bonds. The number of aromatic nitrogens is 2. The summed E-state index contributed by atoms with van der Waals surface area (Å²) < 4.78 is 40.3. The molecule has 0 aliphatic carbocycles. The van der Waals surface area contributed by atoms with Gasteiger partial charge in [-0.25, -0.2) is 4.98 Å². The molecule has 35 heavy (non-hydrogen) atoms. The maximum Gasteiger partial charge on any atom is 0.264 e. The summed E-state index contributed by atoms with van der Waals surface area (Å²) in [6.45, 7) is 3.78. The van der Waals surface area contributed by atoms with Crippen LogP contribution < -0.4 is 15.2 Å². The zero-order valence-corrected chi connectivity index (χ0v) is 21.1. The third-order valence-corrected chi connectivity index (χ3v) is 6.66. The molecule has 188 valence electrons. The highest BCUT2D eigenvalue weighted by Gasteiger charge is 2.19. The number of hydrogen-bond donors (Lipinski definition) is 0. The van der Waals surface area contributed by atoms with E-state index in [0.29, 0.717) is 42.8 Å². The van der Waals surface area contributed by atoms with Crippen LogP contribution in [0.5, 0.6) is 5.75 Å². The molecule has 4 rings (SSSR count). The number of benzene rings is 2. The molecule has 9 nitrogen and oxygen atoms in total. The minimum atomic E-state index is -3.52. The zero-order valence-electron chi connectivity index (χ0n) is 20.3. The standard InChI is InChI=1S/C25H31N3O6S/c1-18-13-21(15-22(14-18)32-2)27(9-4-10-34-35(3,30)31)20-5-6-24-23(16-20)25(29)28(17-26-24)19-7-11-33-12-8-19/h5-6,13-17,19H,4,7-12H2,1-3H3. The highest BCUT2D eigenvalue weighted by Crippen LogP contribution is 2.31. The molecule has 1 aromatic heterocycles. The Bertz CT molecular complexity index is 1350. The lowest BCUT2D eigenvalue weighted by Crippen LogP contribution is -2.29. The van der Waals surface area contributed by atoms with E-state index in [1.54, 1.807) is 18.0 Å². The van der Waals surface area contributed by atoms with Crippen LogP contribution in [0.4, 0.5) is 11.4 Å². The fourth-order valence-electron chi connectivity index (χ4n) is 4.36. The fourth-order valence-corrected chi connectivity index (χ4v) is 4.78. The normalized spacial score (nSPS) is 14.8. The number of aryl methyl sites for hydroxylation is 1. The monoisotopic (exact) mass is 501 g/mol. The third kappa shape index (κ3) is 6.19. The van der Waals surface area contributed by atoms with Gasteiger partial charge in [0.15, 0.2) is 0 Å². The molecule has 2 aromatic carbocycles. The van der Waals surface area contributed by atoms with Crippen molar-refractivity contribution in [1.29, 1.82) is 0 Å². The Morgan fingerprint density at radius 1 is 1.14 bits per heavy atom. The average Bonchev–Trinajstić information content (AvgIpc) is 2.83. The summed E-state index contributed by atoms with van der Waals surface area (Å²) in [4.78, 5) is 20.0. The van der Waals surface area contributed by atoms with Crippen LogP contribution in [-0.4, -0.2) is 57.7 Å². The molecule has 0 unspecified atom stereocenters. The number of hydrogen-bond acceptors (Lipinski definition) is 8. The quantitative estimate of drug-likeness (QED) is 0.324. The largest absolute Gasteiger partial charge is 0.497 e. The molecular formula is C25H31N3O6S. The molecule has 0 spiro atoms. The van der Waals surface area contributed by atoms with Gasteiger partial charge in [0.1, 0.15) is 5.75 Å². The minimum absolute atomic E-state index is 0.0595. The van der Waals surface area contributed by atoms with Crippen LogP contribution in [0, 0.1) is 6.92 Å². The van der Waals surface area contributed by atoms with Gasteiger partial charge in [0.05, 0.1) is 37.2 Å². The Hall–Kier alpha value is -2.95. The lowest BCUT2D eigenvalue weighted by molar-refractivity contribution is 0.0685. The van der Waals surface area contributed by atoms with E-state index >= 15 is 0 Å². The number of rotatable bonds is 9. The summed E-state index contributed by atoms with van der Waals surface area (Å²) in [5.74, 6) is 0.710. The van der Waals surface area contributed by atoms with E-state index in [1.807, 2.05) is 48.2 Å². The topological polar surface area (TPSA) is 100.0 Å². The van der Waals surface area contributed by atoms with Gasteiger partial charge in [0.25, 0.3) is 15.7 Å². The Labute approximate surface area is 205 Å². The summed E-state index contributed by atoms with van der Waals surface area (Å²) in [6, 6.07) is 11.6. The van der Waals surface area contributed by atoms with Crippen LogP contribution >= 0.6 is 0 Å². The van der Waals surface area contributed by atoms with Gasteiger partial charge in [0, 0.05) is 43.2 Å². The number of anilines is 2. The molecule has 0 bridgehead atoms. The van der Waals surface area contributed by atoms with Crippen molar-refractivity contribution in [2.75, 3.05) is 44.6 Å². The molecular weight excluding hydrogens is 470 g/mol. The Balaban J connectivity index is 1.72. The molecule has 1 saturated heterocycles. The predicted octanol–water partition coefficient (Wildman–Crippen LogP) is 3.57. The second-order valence-corrected chi connectivity index (χ2v) is 10.4. The van der Waals surface area contributed by atoms with E-state index < -0.39 is 10.1 Å². The molecule has 2 heterocycles. The Kier molecular flexibility index (Phi) is 7.73. The molecule has 0 radical (unpaired) electrons. The maximum atomic E-state index is 13.4. The van der Waals surface area contributed by atoms with Crippen LogP contribution in [0.25, 0.3) is 10.9 Å². The Morgan fingerprint density at radius 3 is 2.63 bits per heavy atom. The molecule has 0 atom stereocenters. The summed E-state index contributed by atoms with van der Waals surface area (Å²) in [6.07, 6.45) is 4.69. The lowest BCUT2D eigenvalue weighted by atomic mass is 10.1. The summed E-state index contributed by atoms with van der Waals surface area (Å²) in [5.41, 5.74) is 3.23. The number of methoxy groups -OCH3 is 1. The van der Waals surface area contributed by atoms with E-state index in [-0.39, 0.29) is 18.2 Å². The van der Waals surface area contributed by atoms with Crippen molar-refractivity contribution in [2.45, 2.75) is 32.2 Å². The lowest BCUT2D eigenvalue weighted by Gasteiger charge is -2.27. The average molecular weight is 502 g/mol. The van der Waals surface area contributed by atoms with Crippen molar-refractivity contribution in [3.63, 3.8) is 0 Å². The first-order chi connectivity index (χ1) is 16.7. The molecule has 0 N–H and O–H groups in total. The maximum absolute atomic E-state index is 13.4. The van der Waals surface area contributed by atoms with Crippen LogP contribution in [0.15, 0.2) is 47.5 Å². The van der Waals surface area contributed by atoms with Gasteiger partial charge in [0.2, 0.25) is 0 Å². The summed E-state index contributed by atoms with van der Waals surface area (Å²) >= 11 is 0. The van der Waals surface area contributed by atoms with E-state index in [1.165, 1.54) is 0 Å². The van der Waals surface area contributed by atoms with E-state index in [2.05, 4.69) is 4.98 Å².